The molecule has 1 saturated carbocycles. The van der Waals surface area contributed by atoms with Gasteiger partial charge in [-0.1, -0.05) is 26.2 Å². The fraction of sp³-hybridized carbons (Fsp3) is 0.923. The van der Waals surface area contributed by atoms with E-state index >= 15 is 0 Å². The highest BCUT2D eigenvalue weighted by Crippen LogP contribution is 2.23. The van der Waals surface area contributed by atoms with Gasteiger partial charge in [-0.05, 0) is 31.6 Å². The van der Waals surface area contributed by atoms with Crippen molar-refractivity contribution in [2.45, 2.75) is 64.3 Å². The topological polar surface area (TPSA) is 55.1 Å². The summed E-state index contributed by atoms with van der Waals surface area (Å²) in [5, 5.41) is 3.03. The second kappa shape index (κ2) is 7.66. The highest BCUT2D eigenvalue weighted by Gasteiger charge is 2.21. The number of hydrogen-bond acceptors (Lipinski definition) is 2. The Kier molecular flexibility index (Phi) is 6.46. The van der Waals surface area contributed by atoms with Crippen LogP contribution in [-0.2, 0) is 4.79 Å². The van der Waals surface area contributed by atoms with Crippen molar-refractivity contribution in [1.29, 1.82) is 0 Å². The maximum Gasteiger partial charge on any atom is 0.220 e. The molecule has 1 aliphatic carbocycles. The molecule has 1 amide bonds. The largest absolute Gasteiger partial charge is 0.356 e. The molecular formula is C13H26N2O. The average molecular weight is 226 g/mol. The third-order valence-corrected chi connectivity index (χ3v) is 3.43. The van der Waals surface area contributed by atoms with Gasteiger partial charge in [-0.3, -0.25) is 4.79 Å². The molecule has 1 aliphatic rings. The van der Waals surface area contributed by atoms with Gasteiger partial charge in [0.25, 0.3) is 0 Å². The number of carbonyl (C=O) groups excluding carboxylic acids is 1. The van der Waals surface area contributed by atoms with E-state index < -0.39 is 0 Å². The Labute approximate surface area is 99.2 Å². The molecule has 0 saturated heterocycles. The first-order valence-corrected chi connectivity index (χ1v) is 6.74. The zero-order valence-corrected chi connectivity index (χ0v) is 10.5. The Balaban J connectivity index is 1.97. The van der Waals surface area contributed by atoms with Crippen LogP contribution in [0.15, 0.2) is 0 Å². The molecule has 2 atom stereocenters. The van der Waals surface area contributed by atoms with E-state index in [2.05, 4.69) is 12.2 Å². The van der Waals surface area contributed by atoms with Crippen molar-refractivity contribution < 1.29 is 4.79 Å². The van der Waals surface area contributed by atoms with E-state index in [0.29, 0.717) is 18.4 Å². The Morgan fingerprint density at radius 1 is 1.31 bits per heavy atom. The van der Waals surface area contributed by atoms with Crippen LogP contribution in [-0.4, -0.2) is 18.5 Å². The van der Waals surface area contributed by atoms with Crippen LogP contribution < -0.4 is 11.1 Å². The van der Waals surface area contributed by atoms with E-state index in [0.717, 1.165) is 25.8 Å². The first-order valence-electron chi connectivity index (χ1n) is 6.74. The summed E-state index contributed by atoms with van der Waals surface area (Å²) in [5.41, 5.74) is 5.83. The van der Waals surface area contributed by atoms with E-state index in [1.54, 1.807) is 0 Å². The van der Waals surface area contributed by atoms with Crippen molar-refractivity contribution in [3.8, 4) is 0 Å². The van der Waals surface area contributed by atoms with Crippen LogP contribution in [0.25, 0.3) is 0 Å². The van der Waals surface area contributed by atoms with Gasteiger partial charge in [0.1, 0.15) is 0 Å². The van der Waals surface area contributed by atoms with E-state index in [1.807, 2.05) is 0 Å². The van der Waals surface area contributed by atoms with Crippen molar-refractivity contribution in [2.24, 2.45) is 11.7 Å². The molecule has 0 spiro atoms. The SMILES string of the molecule is CCCCCCC(=O)NCC1CCC(N)C1. The molecule has 3 nitrogen and oxygen atoms in total. The summed E-state index contributed by atoms with van der Waals surface area (Å²) in [7, 11) is 0. The Morgan fingerprint density at radius 3 is 2.75 bits per heavy atom. The van der Waals surface area contributed by atoms with Crippen molar-refractivity contribution in [1.82, 2.24) is 5.32 Å². The minimum absolute atomic E-state index is 0.219. The van der Waals surface area contributed by atoms with Gasteiger partial charge in [-0.2, -0.15) is 0 Å². The smallest absolute Gasteiger partial charge is 0.220 e. The second-order valence-electron chi connectivity index (χ2n) is 5.05. The number of nitrogens with two attached hydrogens (primary N) is 1. The minimum atomic E-state index is 0.219. The first-order chi connectivity index (χ1) is 7.72. The van der Waals surface area contributed by atoms with Crippen LogP contribution in [0.4, 0.5) is 0 Å². The first kappa shape index (κ1) is 13.5. The predicted molar refractivity (Wildman–Crippen MR) is 67.1 cm³/mol. The van der Waals surface area contributed by atoms with E-state index in [-0.39, 0.29) is 5.91 Å². The van der Waals surface area contributed by atoms with Gasteiger partial charge < -0.3 is 11.1 Å². The number of nitrogens with one attached hydrogen (secondary N) is 1. The average Bonchev–Trinajstić information content (AvgIpc) is 2.68. The second-order valence-corrected chi connectivity index (χ2v) is 5.05. The Hall–Kier alpha value is -0.570. The number of carbonyl (C=O) groups is 1. The number of rotatable bonds is 7. The van der Waals surface area contributed by atoms with E-state index in [9.17, 15) is 4.79 Å². The predicted octanol–water partition coefficient (Wildman–Crippen LogP) is 2.20. The molecule has 1 fully saturated rings. The lowest BCUT2D eigenvalue weighted by Crippen LogP contribution is -2.28. The maximum atomic E-state index is 11.5. The summed E-state index contributed by atoms with van der Waals surface area (Å²) in [5.74, 6) is 0.839. The molecule has 3 heteroatoms. The molecule has 0 aromatic carbocycles. The Morgan fingerprint density at radius 2 is 2.12 bits per heavy atom. The third kappa shape index (κ3) is 5.50. The molecule has 0 radical (unpaired) electrons. The number of hydrogen-bond donors (Lipinski definition) is 2. The van der Waals surface area contributed by atoms with Crippen molar-refractivity contribution in [2.75, 3.05) is 6.54 Å². The van der Waals surface area contributed by atoms with Gasteiger partial charge in [-0.15, -0.1) is 0 Å². The van der Waals surface area contributed by atoms with Crippen LogP contribution in [0.2, 0.25) is 0 Å². The molecule has 0 heterocycles. The molecule has 1 rings (SSSR count). The minimum Gasteiger partial charge on any atom is -0.356 e. The van der Waals surface area contributed by atoms with Gasteiger partial charge in [0.2, 0.25) is 5.91 Å². The maximum absolute atomic E-state index is 11.5. The normalized spacial score (nSPS) is 24.6. The lowest BCUT2D eigenvalue weighted by molar-refractivity contribution is -0.121. The van der Waals surface area contributed by atoms with Crippen molar-refractivity contribution >= 4 is 5.91 Å². The molecule has 3 N–H and O–H groups in total. The molecule has 0 aromatic heterocycles. The number of amides is 1. The van der Waals surface area contributed by atoms with Crippen LogP contribution in [0.3, 0.4) is 0 Å². The van der Waals surface area contributed by atoms with E-state index in [4.69, 9.17) is 5.73 Å². The lowest BCUT2D eigenvalue weighted by Gasteiger charge is -2.10. The molecular weight excluding hydrogens is 200 g/mol. The Bertz CT molecular complexity index is 206. The van der Waals surface area contributed by atoms with Crippen molar-refractivity contribution in [3.63, 3.8) is 0 Å². The lowest BCUT2D eigenvalue weighted by atomic mass is 10.1. The zero-order valence-electron chi connectivity index (χ0n) is 10.5. The standard InChI is InChI=1S/C13H26N2O/c1-2-3-4-5-6-13(16)15-10-11-7-8-12(14)9-11/h11-12H,2-10,14H2,1H3,(H,15,16). The summed E-state index contributed by atoms with van der Waals surface area (Å²) >= 11 is 0. The summed E-state index contributed by atoms with van der Waals surface area (Å²) in [6.45, 7) is 3.02. The molecule has 0 bridgehead atoms. The zero-order chi connectivity index (χ0) is 11.8. The van der Waals surface area contributed by atoms with Gasteiger partial charge in [0, 0.05) is 19.0 Å². The molecule has 94 valence electrons. The summed E-state index contributed by atoms with van der Waals surface area (Å²) in [6.07, 6.45) is 8.75. The molecule has 2 unspecified atom stereocenters. The van der Waals surface area contributed by atoms with Gasteiger partial charge in [0.05, 0.1) is 0 Å². The van der Waals surface area contributed by atoms with E-state index in [1.165, 1.54) is 25.7 Å². The highest BCUT2D eigenvalue weighted by molar-refractivity contribution is 5.75. The summed E-state index contributed by atoms with van der Waals surface area (Å²) in [6, 6.07) is 0.367. The fourth-order valence-corrected chi connectivity index (χ4v) is 2.36. The molecule has 16 heavy (non-hydrogen) atoms. The fourth-order valence-electron chi connectivity index (χ4n) is 2.36. The number of unbranched alkanes of at least 4 members (excludes halogenated alkanes) is 3. The highest BCUT2D eigenvalue weighted by atomic mass is 16.1. The van der Waals surface area contributed by atoms with Crippen LogP contribution in [0.5, 0.6) is 0 Å². The van der Waals surface area contributed by atoms with Crippen LogP contribution in [0.1, 0.15) is 58.3 Å². The van der Waals surface area contributed by atoms with Crippen LogP contribution in [0, 0.1) is 5.92 Å². The van der Waals surface area contributed by atoms with Gasteiger partial charge in [0.15, 0.2) is 0 Å². The van der Waals surface area contributed by atoms with Gasteiger partial charge >= 0.3 is 0 Å². The monoisotopic (exact) mass is 226 g/mol. The third-order valence-electron chi connectivity index (χ3n) is 3.43. The quantitative estimate of drug-likeness (QED) is 0.654. The summed E-state index contributed by atoms with van der Waals surface area (Å²) in [4.78, 5) is 11.5. The summed E-state index contributed by atoms with van der Waals surface area (Å²) < 4.78 is 0. The molecule has 0 aromatic rings. The van der Waals surface area contributed by atoms with Crippen LogP contribution >= 0.6 is 0 Å². The van der Waals surface area contributed by atoms with Gasteiger partial charge in [-0.25, -0.2) is 0 Å². The van der Waals surface area contributed by atoms with Crippen molar-refractivity contribution in [3.05, 3.63) is 0 Å². The molecule has 0 aliphatic heterocycles.